The molecule has 2 rings (SSSR count). The van der Waals surface area contributed by atoms with E-state index >= 15 is 0 Å². The molecule has 0 aliphatic carbocycles. The van der Waals surface area contributed by atoms with Crippen LogP contribution in [0.5, 0.6) is 17.2 Å². The molecule has 24 heavy (non-hydrogen) atoms. The summed E-state index contributed by atoms with van der Waals surface area (Å²) in [6.45, 7) is 14.4. The quantitative estimate of drug-likeness (QED) is 0.715. The zero-order valence-electron chi connectivity index (χ0n) is 15.7. The summed E-state index contributed by atoms with van der Waals surface area (Å²) in [5.41, 5.74) is -0.887. The van der Waals surface area contributed by atoms with Gasteiger partial charge in [0.05, 0.1) is 11.2 Å². The highest BCUT2D eigenvalue weighted by Crippen LogP contribution is 2.43. The van der Waals surface area contributed by atoms with Crippen molar-refractivity contribution in [3.8, 4) is 17.2 Å². The smallest absolute Gasteiger partial charge is 0.201 e. The van der Waals surface area contributed by atoms with Crippen LogP contribution in [-0.2, 0) is 11.3 Å². The van der Waals surface area contributed by atoms with Gasteiger partial charge in [0.25, 0.3) is 0 Å². The van der Waals surface area contributed by atoms with Gasteiger partial charge in [-0.25, -0.2) is 4.39 Å². The lowest BCUT2D eigenvalue weighted by molar-refractivity contribution is -0.182. The van der Waals surface area contributed by atoms with E-state index in [0.29, 0.717) is 13.1 Å². The van der Waals surface area contributed by atoms with E-state index in [9.17, 15) is 19.7 Å². The summed E-state index contributed by atoms with van der Waals surface area (Å²) in [7, 11) is 0. The molecule has 0 aromatic heterocycles. The first-order valence-corrected chi connectivity index (χ1v) is 8.28. The van der Waals surface area contributed by atoms with Gasteiger partial charge in [0.2, 0.25) is 5.75 Å². The van der Waals surface area contributed by atoms with Gasteiger partial charge in [-0.2, -0.15) is 0 Å². The standard InChI is InChI=1S/C16H24FNO4.C2H6/c1-9-11(17)10(13(20)14(21)12(9)19)6-18-7-15(2,3)22-16(4,5)8-18;1-2/h19-21H,6-8H2,1-5H3;1-2H3. The second kappa shape index (κ2) is 7.15. The van der Waals surface area contributed by atoms with Crippen molar-refractivity contribution in [1.29, 1.82) is 0 Å². The first kappa shape index (κ1) is 20.5. The molecule has 1 fully saturated rings. The van der Waals surface area contributed by atoms with Crippen molar-refractivity contribution in [3.05, 3.63) is 16.9 Å². The van der Waals surface area contributed by atoms with E-state index < -0.39 is 34.3 Å². The average Bonchev–Trinajstić information content (AvgIpc) is 2.46. The number of morpholine rings is 1. The molecule has 1 aromatic carbocycles. The average molecular weight is 343 g/mol. The van der Waals surface area contributed by atoms with Crippen LogP contribution in [0.2, 0.25) is 0 Å². The lowest BCUT2D eigenvalue weighted by Gasteiger charge is -2.47. The van der Waals surface area contributed by atoms with Crippen LogP contribution in [0.3, 0.4) is 0 Å². The third-order valence-corrected chi connectivity index (χ3v) is 3.83. The van der Waals surface area contributed by atoms with Gasteiger partial charge >= 0.3 is 0 Å². The van der Waals surface area contributed by atoms with Crippen molar-refractivity contribution in [1.82, 2.24) is 4.90 Å². The number of rotatable bonds is 2. The maximum atomic E-state index is 14.4. The second-order valence-corrected chi connectivity index (χ2v) is 7.23. The Labute approximate surface area is 143 Å². The van der Waals surface area contributed by atoms with Gasteiger partial charge < -0.3 is 20.1 Å². The number of hydrogen-bond donors (Lipinski definition) is 3. The molecular weight excluding hydrogens is 313 g/mol. The van der Waals surface area contributed by atoms with Gasteiger partial charge in [-0.1, -0.05) is 13.8 Å². The second-order valence-electron chi connectivity index (χ2n) is 7.23. The molecule has 3 N–H and O–H groups in total. The monoisotopic (exact) mass is 343 g/mol. The molecule has 1 aromatic rings. The molecule has 1 aliphatic rings. The molecule has 6 heteroatoms. The molecule has 0 amide bonds. The molecule has 138 valence electrons. The lowest BCUT2D eigenvalue weighted by atomic mass is 9.97. The Balaban J connectivity index is 0.00000139. The van der Waals surface area contributed by atoms with E-state index in [4.69, 9.17) is 4.74 Å². The number of benzene rings is 1. The van der Waals surface area contributed by atoms with E-state index in [0.717, 1.165) is 0 Å². The molecule has 1 aliphatic heterocycles. The topological polar surface area (TPSA) is 73.2 Å². The lowest BCUT2D eigenvalue weighted by Crippen LogP contribution is -2.56. The number of phenols is 3. The summed E-state index contributed by atoms with van der Waals surface area (Å²) >= 11 is 0. The Hall–Kier alpha value is -1.53. The highest BCUT2D eigenvalue weighted by Gasteiger charge is 2.38. The van der Waals surface area contributed by atoms with E-state index in [1.54, 1.807) is 0 Å². The van der Waals surface area contributed by atoms with Crippen molar-refractivity contribution in [2.75, 3.05) is 13.1 Å². The molecule has 0 bridgehead atoms. The van der Waals surface area contributed by atoms with Crippen molar-refractivity contribution in [2.24, 2.45) is 0 Å². The van der Waals surface area contributed by atoms with Crippen LogP contribution in [0.15, 0.2) is 0 Å². The number of aromatic hydroxyl groups is 3. The van der Waals surface area contributed by atoms with E-state index in [-0.39, 0.29) is 17.7 Å². The first-order valence-electron chi connectivity index (χ1n) is 8.28. The molecule has 0 radical (unpaired) electrons. The van der Waals surface area contributed by atoms with Crippen LogP contribution in [-0.4, -0.2) is 44.5 Å². The van der Waals surface area contributed by atoms with Crippen LogP contribution in [0.1, 0.15) is 52.7 Å². The van der Waals surface area contributed by atoms with Gasteiger partial charge in [-0.3, -0.25) is 4.90 Å². The third kappa shape index (κ3) is 4.30. The van der Waals surface area contributed by atoms with Gasteiger partial charge in [0.1, 0.15) is 5.82 Å². The Bertz CT molecular complexity index is 554. The molecular formula is C18H30FNO4. The van der Waals surface area contributed by atoms with Gasteiger partial charge in [0.15, 0.2) is 11.5 Å². The van der Waals surface area contributed by atoms with E-state index in [1.165, 1.54) is 6.92 Å². The molecule has 0 spiro atoms. The summed E-state index contributed by atoms with van der Waals surface area (Å²) in [5, 5.41) is 29.3. The normalized spacial score (nSPS) is 19.5. The Morgan fingerprint density at radius 1 is 0.958 bits per heavy atom. The predicted molar refractivity (Wildman–Crippen MR) is 92.0 cm³/mol. The zero-order valence-corrected chi connectivity index (χ0v) is 15.7. The summed E-state index contributed by atoms with van der Waals surface area (Å²) < 4.78 is 20.3. The largest absolute Gasteiger partial charge is 0.504 e. The molecule has 1 heterocycles. The molecule has 1 saturated heterocycles. The van der Waals surface area contributed by atoms with Gasteiger partial charge in [0, 0.05) is 30.8 Å². The fourth-order valence-electron chi connectivity index (χ4n) is 3.29. The van der Waals surface area contributed by atoms with Crippen LogP contribution in [0, 0.1) is 12.7 Å². The third-order valence-electron chi connectivity index (χ3n) is 3.83. The minimum absolute atomic E-state index is 0.0127. The highest BCUT2D eigenvalue weighted by atomic mass is 19.1. The highest BCUT2D eigenvalue weighted by molar-refractivity contribution is 5.57. The maximum absolute atomic E-state index is 14.4. The number of nitrogens with zero attached hydrogens (tertiary/aromatic N) is 1. The SMILES string of the molecule is CC.Cc1c(O)c(O)c(O)c(CN2CC(C)(C)OC(C)(C)C2)c1F. The Morgan fingerprint density at radius 3 is 1.88 bits per heavy atom. The fraction of sp³-hybridized carbons (Fsp3) is 0.667. The molecule has 0 unspecified atom stereocenters. The van der Waals surface area contributed by atoms with E-state index in [1.807, 2.05) is 46.4 Å². The number of hydrogen-bond acceptors (Lipinski definition) is 5. The minimum atomic E-state index is -0.699. The Kier molecular flexibility index (Phi) is 6.11. The van der Waals surface area contributed by atoms with Crippen LogP contribution in [0.25, 0.3) is 0 Å². The number of ether oxygens (including phenoxy) is 1. The van der Waals surface area contributed by atoms with Crippen LogP contribution >= 0.6 is 0 Å². The minimum Gasteiger partial charge on any atom is -0.504 e. The number of halogens is 1. The number of phenolic OH excluding ortho intramolecular Hbond substituents is 3. The van der Waals surface area contributed by atoms with Crippen LogP contribution < -0.4 is 0 Å². The fourth-order valence-corrected chi connectivity index (χ4v) is 3.29. The molecule has 0 saturated carbocycles. The van der Waals surface area contributed by atoms with Crippen molar-refractivity contribution in [3.63, 3.8) is 0 Å². The van der Waals surface area contributed by atoms with Crippen molar-refractivity contribution < 1.29 is 24.4 Å². The molecule has 0 atom stereocenters. The first-order chi connectivity index (χ1) is 10.9. The Morgan fingerprint density at radius 2 is 1.42 bits per heavy atom. The van der Waals surface area contributed by atoms with Gasteiger partial charge in [-0.05, 0) is 34.6 Å². The summed E-state index contributed by atoms with van der Waals surface area (Å²) in [4.78, 5) is 1.97. The maximum Gasteiger partial charge on any atom is 0.201 e. The van der Waals surface area contributed by atoms with E-state index in [2.05, 4.69) is 0 Å². The van der Waals surface area contributed by atoms with Crippen molar-refractivity contribution >= 4 is 0 Å². The molecule has 5 nitrogen and oxygen atoms in total. The van der Waals surface area contributed by atoms with Crippen molar-refractivity contribution in [2.45, 2.75) is 66.2 Å². The predicted octanol–water partition coefficient (Wildman–Crippen LogP) is 3.67. The summed E-state index contributed by atoms with van der Waals surface area (Å²) in [6.07, 6.45) is 0. The van der Waals surface area contributed by atoms with Gasteiger partial charge in [-0.15, -0.1) is 0 Å². The zero-order chi connectivity index (χ0) is 18.9. The summed E-state index contributed by atoms with van der Waals surface area (Å²) in [6, 6.07) is 0. The van der Waals surface area contributed by atoms with Crippen LogP contribution in [0.4, 0.5) is 4.39 Å². The summed E-state index contributed by atoms with van der Waals surface area (Å²) in [5.74, 6) is -2.61.